The third-order valence-electron chi connectivity index (χ3n) is 4.71. The maximum atomic E-state index is 5.35. The Morgan fingerprint density at radius 3 is 1.83 bits per heavy atom. The quantitative estimate of drug-likeness (QED) is 0.415. The second-order valence-corrected chi connectivity index (χ2v) is 7.56. The van der Waals surface area contributed by atoms with Crippen molar-refractivity contribution in [1.29, 1.82) is 0 Å². The van der Waals surface area contributed by atoms with Crippen LogP contribution in [0.4, 0.5) is 0 Å². The summed E-state index contributed by atoms with van der Waals surface area (Å²) in [5, 5.41) is 3.16. The molecule has 0 unspecified atom stereocenters. The van der Waals surface area contributed by atoms with Crippen LogP contribution < -0.4 is 9.47 Å². The van der Waals surface area contributed by atoms with Gasteiger partial charge in [0.25, 0.3) is 0 Å². The third-order valence-corrected chi connectivity index (χ3v) is 5.73. The predicted molar refractivity (Wildman–Crippen MR) is 120 cm³/mol. The fourth-order valence-corrected chi connectivity index (χ4v) is 4.13. The lowest BCUT2D eigenvalue weighted by atomic mass is 9.91. The van der Waals surface area contributed by atoms with Gasteiger partial charge in [0, 0.05) is 24.8 Å². The number of ether oxygens (including phenoxy) is 3. The van der Waals surface area contributed by atoms with E-state index in [2.05, 4.69) is 29.6 Å². The van der Waals surface area contributed by atoms with Gasteiger partial charge in [0.15, 0.2) is 0 Å². The van der Waals surface area contributed by atoms with Crippen molar-refractivity contribution in [3.63, 3.8) is 0 Å². The van der Waals surface area contributed by atoms with Crippen LogP contribution in [0.3, 0.4) is 0 Å². The SMILES string of the molecule is COCCCC(=C(c1ccc(OC)cc1)c1ccc(OC)cc1)c1nc(C)cs1. The number of methoxy groups -OCH3 is 3. The fourth-order valence-electron chi connectivity index (χ4n) is 3.26. The predicted octanol–water partition coefficient (Wildman–Crippen LogP) is 5.85. The lowest BCUT2D eigenvalue weighted by Gasteiger charge is -2.16. The van der Waals surface area contributed by atoms with Crippen LogP contribution in [0.15, 0.2) is 53.9 Å². The minimum atomic E-state index is 0.715. The zero-order chi connectivity index (χ0) is 20.6. The summed E-state index contributed by atoms with van der Waals surface area (Å²) in [5.41, 5.74) is 5.72. The van der Waals surface area contributed by atoms with E-state index in [1.807, 2.05) is 31.2 Å². The third kappa shape index (κ3) is 5.25. The van der Waals surface area contributed by atoms with E-state index in [4.69, 9.17) is 19.2 Å². The molecule has 0 bridgehead atoms. The monoisotopic (exact) mass is 409 g/mol. The van der Waals surface area contributed by atoms with Gasteiger partial charge in [0.1, 0.15) is 16.5 Å². The van der Waals surface area contributed by atoms with Crippen LogP contribution in [0, 0.1) is 6.92 Å². The maximum absolute atomic E-state index is 5.35. The second kappa shape index (κ2) is 10.2. The number of thiazole rings is 1. The van der Waals surface area contributed by atoms with Crippen LogP contribution in [0.5, 0.6) is 11.5 Å². The van der Waals surface area contributed by atoms with Gasteiger partial charge in [-0.1, -0.05) is 24.3 Å². The van der Waals surface area contributed by atoms with Crippen LogP contribution >= 0.6 is 11.3 Å². The van der Waals surface area contributed by atoms with Crippen LogP contribution in [0.25, 0.3) is 11.1 Å². The van der Waals surface area contributed by atoms with Crippen LogP contribution in [0.1, 0.15) is 34.7 Å². The molecule has 3 rings (SSSR count). The summed E-state index contributed by atoms with van der Waals surface area (Å²) < 4.78 is 16.0. The number of hydrogen-bond donors (Lipinski definition) is 0. The van der Waals surface area contributed by atoms with E-state index in [-0.39, 0.29) is 0 Å². The Morgan fingerprint density at radius 2 is 1.41 bits per heavy atom. The largest absolute Gasteiger partial charge is 0.497 e. The second-order valence-electron chi connectivity index (χ2n) is 6.70. The van der Waals surface area contributed by atoms with Crippen LogP contribution in [-0.2, 0) is 4.74 Å². The van der Waals surface area contributed by atoms with E-state index in [0.29, 0.717) is 6.61 Å². The summed E-state index contributed by atoms with van der Waals surface area (Å²) in [7, 11) is 5.11. The lowest BCUT2D eigenvalue weighted by Crippen LogP contribution is -1.98. The molecule has 0 aliphatic carbocycles. The first-order valence-electron chi connectivity index (χ1n) is 9.59. The van der Waals surface area contributed by atoms with Crippen LogP contribution in [-0.4, -0.2) is 32.9 Å². The van der Waals surface area contributed by atoms with E-state index < -0.39 is 0 Å². The minimum absolute atomic E-state index is 0.715. The van der Waals surface area contributed by atoms with Crippen molar-refractivity contribution in [2.75, 3.05) is 27.9 Å². The summed E-state index contributed by atoms with van der Waals surface area (Å²) in [5.74, 6) is 1.68. The van der Waals surface area contributed by atoms with E-state index in [0.717, 1.165) is 46.2 Å². The molecule has 5 heteroatoms. The van der Waals surface area contributed by atoms with Crippen molar-refractivity contribution in [3.05, 3.63) is 75.7 Å². The molecule has 0 aliphatic rings. The Hall–Kier alpha value is -2.63. The molecule has 0 N–H and O–H groups in total. The summed E-state index contributed by atoms with van der Waals surface area (Å²) >= 11 is 1.69. The molecule has 29 heavy (non-hydrogen) atoms. The van der Waals surface area contributed by atoms with E-state index >= 15 is 0 Å². The average Bonchev–Trinajstić information content (AvgIpc) is 3.20. The molecule has 0 aliphatic heterocycles. The lowest BCUT2D eigenvalue weighted by molar-refractivity contribution is 0.196. The smallest absolute Gasteiger partial charge is 0.120 e. The first-order chi connectivity index (χ1) is 14.2. The molecule has 0 radical (unpaired) electrons. The molecular formula is C24H27NO3S. The number of benzene rings is 2. The van der Waals surface area contributed by atoms with Gasteiger partial charge >= 0.3 is 0 Å². The number of aromatic nitrogens is 1. The Morgan fingerprint density at radius 1 is 0.862 bits per heavy atom. The fraction of sp³-hybridized carbons (Fsp3) is 0.292. The minimum Gasteiger partial charge on any atom is -0.497 e. The molecule has 3 aromatic rings. The molecular weight excluding hydrogens is 382 g/mol. The highest BCUT2D eigenvalue weighted by atomic mass is 32.1. The van der Waals surface area contributed by atoms with Gasteiger partial charge in [0.05, 0.1) is 14.2 Å². The van der Waals surface area contributed by atoms with Gasteiger partial charge in [-0.25, -0.2) is 4.98 Å². The van der Waals surface area contributed by atoms with Gasteiger partial charge in [-0.15, -0.1) is 11.3 Å². The Kier molecular flexibility index (Phi) is 7.44. The number of aryl methyl sites for hydroxylation is 1. The molecule has 0 saturated carbocycles. The molecule has 0 saturated heterocycles. The van der Waals surface area contributed by atoms with Crippen molar-refractivity contribution in [3.8, 4) is 11.5 Å². The molecule has 1 aromatic heterocycles. The molecule has 2 aromatic carbocycles. The first kappa shape index (κ1) is 21.1. The summed E-state index contributed by atoms with van der Waals surface area (Å²) in [6.45, 7) is 2.75. The van der Waals surface area contributed by atoms with Crippen molar-refractivity contribution in [1.82, 2.24) is 4.98 Å². The Balaban J connectivity index is 2.18. The highest BCUT2D eigenvalue weighted by Gasteiger charge is 2.17. The maximum Gasteiger partial charge on any atom is 0.120 e. The van der Waals surface area contributed by atoms with Gasteiger partial charge < -0.3 is 14.2 Å². The summed E-state index contributed by atoms with van der Waals surface area (Å²) in [4.78, 5) is 4.80. The molecule has 4 nitrogen and oxygen atoms in total. The van der Waals surface area contributed by atoms with Crippen molar-refractivity contribution < 1.29 is 14.2 Å². The highest BCUT2D eigenvalue weighted by molar-refractivity contribution is 7.10. The number of allylic oxidation sites excluding steroid dienone is 1. The molecule has 0 fully saturated rings. The van der Waals surface area contributed by atoms with Crippen LogP contribution in [0.2, 0.25) is 0 Å². The molecule has 0 amide bonds. The number of nitrogens with zero attached hydrogens (tertiary/aromatic N) is 1. The van der Waals surface area contributed by atoms with E-state index in [9.17, 15) is 0 Å². The van der Waals surface area contributed by atoms with E-state index in [1.165, 1.54) is 11.1 Å². The molecule has 152 valence electrons. The van der Waals surface area contributed by atoms with Crippen molar-refractivity contribution in [2.24, 2.45) is 0 Å². The van der Waals surface area contributed by atoms with Gasteiger partial charge in [0.2, 0.25) is 0 Å². The van der Waals surface area contributed by atoms with Gasteiger partial charge in [-0.05, 0) is 66.3 Å². The molecule has 0 spiro atoms. The Bertz CT molecular complexity index is 894. The number of rotatable bonds is 9. The Labute approximate surface area is 176 Å². The summed E-state index contributed by atoms with van der Waals surface area (Å²) in [6.07, 6.45) is 1.81. The van der Waals surface area contributed by atoms with Gasteiger partial charge in [-0.3, -0.25) is 0 Å². The normalized spacial score (nSPS) is 10.6. The van der Waals surface area contributed by atoms with Gasteiger partial charge in [-0.2, -0.15) is 0 Å². The first-order valence-corrected chi connectivity index (χ1v) is 10.5. The summed E-state index contributed by atoms with van der Waals surface area (Å²) in [6, 6.07) is 16.4. The highest BCUT2D eigenvalue weighted by Crippen LogP contribution is 2.37. The average molecular weight is 410 g/mol. The molecule has 0 atom stereocenters. The number of hydrogen-bond acceptors (Lipinski definition) is 5. The van der Waals surface area contributed by atoms with E-state index in [1.54, 1.807) is 32.7 Å². The topological polar surface area (TPSA) is 40.6 Å². The zero-order valence-corrected chi connectivity index (χ0v) is 18.2. The molecule has 1 heterocycles. The standard InChI is InChI=1S/C24H27NO3S/c1-17-16-29-24(25-17)22(6-5-15-26-2)23(18-7-11-20(27-3)12-8-18)19-9-13-21(28-4)14-10-19/h7-14,16H,5-6,15H2,1-4H3. The van der Waals surface area contributed by atoms with Crippen molar-refractivity contribution >= 4 is 22.5 Å². The zero-order valence-electron chi connectivity index (χ0n) is 17.4. The van der Waals surface area contributed by atoms with Crippen molar-refractivity contribution in [2.45, 2.75) is 19.8 Å².